The first-order chi connectivity index (χ1) is 7.36. The quantitative estimate of drug-likeness (QED) is 0.781. The van der Waals surface area contributed by atoms with Crippen molar-refractivity contribution in [2.24, 2.45) is 0 Å². The van der Waals surface area contributed by atoms with Crippen molar-refractivity contribution < 1.29 is 0 Å². The molecule has 5 heteroatoms. The highest BCUT2D eigenvalue weighted by atomic mass is 15.4. The van der Waals surface area contributed by atoms with Crippen molar-refractivity contribution in [3.05, 3.63) is 5.82 Å². The summed E-state index contributed by atoms with van der Waals surface area (Å²) in [7, 11) is 3.84. The average molecular weight is 209 g/mol. The summed E-state index contributed by atoms with van der Waals surface area (Å²) in [6, 6.07) is 0.589. The minimum atomic E-state index is 0.589. The van der Waals surface area contributed by atoms with Crippen LogP contribution in [0.4, 0.5) is 5.95 Å². The zero-order valence-electron chi connectivity index (χ0n) is 9.45. The van der Waals surface area contributed by atoms with Crippen LogP contribution in [0.15, 0.2) is 0 Å². The molecule has 0 saturated heterocycles. The monoisotopic (exact) mass is 209 g/mol. The van der Waals surface area contributed by atoms with E-state index in [-0.39, 0.29) is 0 Å². The molecule has 0 aliphatic heterocycles. The van der Waals surface area contributed by atoms with E-state index in [1.165, 1.54) is 25.7 Å². The Morgan fingerprint density at radius 2 is 2.00 bits per heavy atom. The molecule has 1 saturated carbocycles. The first-order valence-corrected chi connectivity index (χ1v) is 5.63. The second-order valence-corrected chi connectivity index (χ2v) is 4.03. The maximum atomic E-state index is 4.21. The van der Waals surface area contributed by atoms with Gasteiger partial charge in [0.05, 0.1) is 6.54 Å². The average Bonchev–Trinajstić information content (AvgIpc) is 2.85. The molecule has 0 unspecified atom stereocenters. The molecule has 84 valence electrons. The third kappa shape index (κ3) is 1.97. The molecule has 2 rings (SSSR count). The molecule has 1 aromatic rings. The first kappa shape index (κ1) is 10.4. The lowest BCUT2D eigenvalue weighted by Crippen LogP contribution is -2.16. The van der Waals surface area contributed by atoms with E-state index in [4.69, 9.17) is 0 Å². The first-order valence-electron chi connectivity index (χ1n) is 5.63. The fourth-order valence-electron chi connectivity index (χ4n) is 2.32. The maximum absolute atomic E-state index is 4.21. The fraction of sp³-hybridized carbons (Fsp3) is 0.800. The van der Waals surface area contributed by atoms with Crippen molar-refractivity contribution in [2.45, 2.75) is 38.3 Å². The fourth-order valence-corrected chi connectivity index (χ4v) is 2.32. The molecule has 15 heavy (non-hydrogen) atoms. The third-order valence-electron chi connectivity index (χ3n) is 3.01. The molecule has 0 amide bonds. The van der Waals surface area contributed by atoms with Crippen LogP contribution in [-0.2, 0) is 6.54 Å². The maximum Gasteiger partial charge on any atom is 0.224 e. The highest BCUT2D eigenvalue weighted by molar-refractivity contribution is 5.25. The summed E-state index contributed by atoms with van der Waals surface area (Å²) in [5, 5.41) is 14.6. The minimum absolute atomic E-state index is 0.589. The van der Waals surface area contributed by atoms with Crippen LogP contribution < -0.4 is 10.6 Å². The van der Waals surface area contributed by atoms with E-state index in [0.717, 1.165) is 18.3 Å². The lowest BCUT2D eigenvalue weighted by Gasteiger charge is -2.16. The Morgan fingerprint density at radius 3 is 2.60 bits per heavy atom. The lowest BCUT2D eigenvalue weighted by atomic mass is 10.2. The molecule has 0 spiro atoms. The molecule has 2 N–H and O–H groups in total. The van der Waals surface area contributed by atoms with Gasteiger partial charge in [0.15, 0.2) is 0 Å². The van der Waals surface area contributed by atoms with E-state index in [1.54, 1.807) is 0 Å². The molecule has 5 nitrogen and oxygen atoms in total. The Bertz CT molecular complexity index is 314. The molecule has 1 aromatic heterocycles. The Balaban J connectivity index is 2.27. The molecule has 0 bridgehead atoms. The highest BCUT2D eigenvalue weighted by Crippen LogP contribution is 2.32. The summed E-state index contributed by atoms with van der Waals surface area (Å²) in [4.78, 5) is 0. The number of nitrogens with one attached hydrogen (secondary N) is 2. The highest BCUT2D eigenvalue weighted by Gasteiger charge is 2.22. The number of nitrogens with zero attached hydrogens (tertiary/aromatic N) is 3. The van der Waals surface area contributed by atoms with Gasteiger partial charge < -0.3 is 10.6 Å². The van der Waals surface area contributed by atoms with Gasteiger partial charge in [-0.05, 0) is 19.9 Å². The topological polar surface area (TPSA) is 54.8 Å². The summed E-state index contributed by atoms with van der Waals surface area (Å²) >= 11 is 0. The molecular weight excluding hydrogens is 190 g/mol. The van der Waals surface area contributed by atoms with Gasteiger partial charge in [0.25, 0.3) is 0 Å². The summed E-state index contributed by atoms with van der Waals surface area (Å²) < 4.78 is 2.25. The molecular formula is C10H19N5. The smallest absolute Gasteiger partial charge is 0.224 e. The zero-order valence-corrected chi connectivity index (χ0v) is 9.45. The Kier molecular flexibility index (Phi) is 3.20. The second kappa shape index (κ2) is 4.61. The van der Waals surface area contributed by atoms with E-state index in [0.29, 0.717) is 6.04 Å². The zero-order chi connectivity index (χ0) is 10.7. The molecule has 1 aliphatic carbocycles. The Morgan fingerprint density at radius 1 is 1.27 bits per heavy atom. The van der Waals surface area contributed by atoms with Gasteiger partial charge in [0.1, 0.15) is 5.82 Å². The van der Waals surface area contributed by atoms with Gasteiger partial charge in [0.2, 0.25) is 5.95 Å². The second-order valence-electron chi connectivity index (χ2n) is 4.03. The lowest BCUT2D eigenvalue weighted by molar-refractivity contribution is 0.495. The normalized spacial score (nSPS) is 17.2. The number of anilines is 1. The predicted molar refractivity (Wildman–Crippen MR) is 59.8 cm³/mol. The van der Waals surface area contributed by atoms with Crippen LogP contribution in [0.5, 0.6) is 0 Å². The number of aromatic nitrogens is 3. The SMILES string of the molecule is CNCc1nnc(NC)n1C1CCCC1. The molecule has 0 atom stereocenters. The van der Waals surface area contributed by atoms with Gasteiger partial charge in [-0.2, -0.15) is 0 Å². The molecule has 1 heterocycles. The molecule has 0 radical (unpaired) electrons. The van der Waals surface area contributed by atoms with Crippen molar-refractivity contribution in [3.63, 3.8) is 0 Å². The van der Waals surface area contributed by atoms with E-state index < -0.39 is 0 Å². The summed E-state index contributed by atoms with van der Waals surface area (Å²) in [5.41, 5.74) is 0. The van der Waals surface area contributed by atoms with E-state index in [1.807, 2.05) is 14.1 Å². The van der Waals surface area contributed by atoms with E-state index in [2.05, 4.69) is 25.4 Å². The van der Waals surface area contributed by atoms with Crippen LogP contribution in [-0.4, -0.2) is 28.9 Å². The third-order valence-corrected chi connectivity index (χ3v) is 3.01. The van der Waals surface area contributed by atoms with Gasteiger partial charge >= 0.3 is 0 Å². The van der Waals surface area contributed by atoms with Crippen LogP contribution in [0.25, 0.3) is 0 Å². The molecule has 1 aliphatic rings. The minimum Gasteiger partial charge on any atom is -0.357 e. The standard InChI is InChI=1S/C10H19N5/c1-11-7-9-13-14-10(12-2)15(9)8-5-3-4-6-8/h8,11H,3-7H2,1-2H3,(H,12,14). The van der Waals surface area contributed by atoms with Crippen molar-refractivity contribution >= 4 is 5.95 Å². The van der Waals surface area contributed by atoms with Crippen molar-refractivity contribution in [3.8, 4) is 0 Å². The van der Waals surface area contributed by atoms with Crippen LogP contribution in [0.1, 0.15) is 37.5 Å². The molecule has 1 fully saturated rings. The van der Waals surface area contributed by atoms with Crippen molar-refractivity contribution in [2.75, 3.05) is 19.4 Å². The summed E-state index contributed by atoms with van der Waals surface area (Å²) in [5.74, 6) is 1.93. The van der Waals surface area contributed by atoms with E-state index in [9.17, 15) is 0 Å². The molecule has 0 aromatic carbocycles. The summed E-state index contributed by atoms with van der Waals surface area (Å²) in [6.45, 7) is 0.783. The largest absolute Gasteiger partial charge is 0.357 e. The van der Waals surface area contributed by atoms with Crippen LogP contribution in [0.3, 0.4) is 0 Å². The van der Waals surface area contributed by atoms with Crippen molar-refractivity contribution in [1.82, 2.24) is 20.1 Å². The van der Waals surface area contributed by atoms with Gasteiger partial charge in [-0.15, -0.1) is 10.2 Å². The number of rotatable bonds is 4. The van der Waals surface area contributed by atoms with Gasteiger partial charge in [0, 0.05) is 13.1 Å². The van der Waals surface area contributed by atoms with Crippen LogP contribution >= 0.6 is 0 Å². The van der Waals surface area contributed by atoms with Gasteiger partial charge in [-0.25, -0.2) is 0 Å². The predicted octanol–water partition coefficient (Wildman–Crippen LogP) is 1.15. The number of hydrogen-bond acceptors (Lipinski definition) is 4. The van der Waals surface area contributed by atoms with Gasteiger partial charge in [-0.1, -0.05) is 12.8 Å². The van der Waals surface area contributed by atoms with Crippen LogP contribution in [0.2, 0.25) is 0 Å². The Hall–Kier alpha value is -1.10. The van der Waals surface area contributed by atoms with Crippen LogP contribution in [0, 0.1) is 0 Å². The Labute approximate surface area is 90.3 Å². The van der Waals surface area contributed by atoms with E-state index >= 15 is 0 Å². The number of hydrogen-bond donors (Lipinski definition) is 2. The van der Waals surface area contributed by atoms with Crippen molar-refractivity contribution in [1.29, 1.82) is 0 Å². The van der Waals surface area contributed by atoms with Gasteiger partial charge in [-0.3, -0.25) is 4.57 Å². The summed E-state index contributed by atoms with van der Waals surface area (Å²) in [6.07, 6.45) is 5.16.